The van der Waals surface area contributed by atoms with E-state index in [1.54, 1.807) is 31.4 Å². The molecular formula is C22H20F2N2O4S. The minimum absolute atomic E-state index is 0.102. The fourth-order valence-corrected chi connectivity index (χ4v) is 4.21. The van der Waals surface area contributed by atoms with Crippen LogP contribution in [0.3, 0.4) is 0 Å². The van der Waals surface area contributed by atoms with Gasteiger partial charge in [0.2, 0.25) is 5.91 Å². The number of anilines is 1. The molecule has 0 spiro atoms. The topological polar surface area (TPSA) is 75.7 Å². The van der Waals surface area contributed by atoms with Crippen molar-refractivity contribution in [1.82, 2.24) is 5.32 Å². The van der Waals surface area contributed by atoms with E-state index in [4.69, 9.17) is 4.74 Å². The molecule has 0 aliphatic carbocycles. The standard InChI is InChI=1S/C22H20F2N2O4S/c1-30-20-10-2-16(3-11-20)14-25-22(27)15-26(19-8-4-17(23)5-9-19)31(28,29)21-12-6-18(24)7-13-21/h2-13H,14-15H2,1H3,(H,25,27). The molecular weight excluding hydrogens is 426 g/mol. The molecule has 0 unspecified atom stereocenters. The second-order valence-electron chi connectivity index (χ2n) is 6.57. The van der Waals surface area contributed by atoms with E-state index in [0.717, 1.165) is 46.3 Å². The maximum atomic E-state index is 13.3. The first kappa shape index (κ1) is 22.2. The summed E-state index contributed by atoms with van der Waals surface area (Å²) in [4.78, 5) is 12.4. The van der Waals surface area contributed by atoms with Gasteiger partial charge in [-0.3, -0.25) is 9.10 Å². The SMILES string of the molecule is COc1ccc(CNC(=O)CN(c2ccc(F)cc2)S(=O)(=O)c2ccc(F)cc2)cc1. The Balaban J connectivity index is 1.81. The second-order valence-corrected chi connectivity index (χ2v) is 8.43. The number of nitrogens with one attached hydrogen (secondary N) is 1. The molecule has 1 N–H and O–H groups in total. The first-order valence-corrected chi connectivity index (χ1v) is 10.7. The van der Waals surface area contributed by atoms with Gasteiger partial charge in [0, 0.05) is 6.54 Å². The maximum Gasteiger partial charge on any atom is 0.264 e. The van der Waals surface area contributed by atoms with Crippen LogP contribution in [0.5, 0.6) is 5.75 Å². The van der Waals surface area contributed by atoms with Gasteiger partial charge in [-0.25, -0.2) is 17.2 Å². The highest BCUT2D eigenvalue weighted by Crippen LogP contribution is 2.24. The van der Waals surface area contributed by atoms with Gasteiger partial charge in [-0.1, -0.05) is 12.1 Å². The number of amides is 1. The maximum absolute atomic E-state index is 13.3. The average Bonchev–Trinajstić information content (AvgIpc) is 2.77. The summed E-state index contributed by atoms with van der Waals surface area (Å²) in [6.45, 7) is -0.363. The Morgan fingerprint density at radius 3 is 2.00 bits per heavy atom. The van der Waals surface area contributed by atoms with Crippen LogP contribution in [-0.2, 0) is 21.4 Å². The smallest absolute Gasteiger partial charge is 0.264 e. The van der Waals surface area contributed by atoms with Gasteiger partial charge in [-0.05, 0) is 66.2 Å². The van der Waals surface area contributed by atoms with Crippen molar-refractivity contribution in [3.63, 3.8) is 0 Å². The van der Waals surface area contributed by atoms with Crippen LogP contribution in [0.4, 0.5) is 14.5 Å². The molecule has 3 rings (SSSR count). The third kappa shape index (κ3) is 5.58. The number of hydrogen-bond acceptors (Lipinski definition) is 4. The molecule has 0 heterocycles. The molecule has 9 heteroatoms. The van der Waals surface area contributed by atoms with Crippen molar-refractivity contribution >= 4 is 21.6 Å². The van der Waals surface area contributed by atoms with E-state index in [1.165, 1.54) is 12.1 Å². The molecule has 0 aromatic heterocycles. The molecule has 3 aromatic carbocycles. The lowest BCUT2D eigenvalue weighted by atomic mass is 10.2. The van der Waals surface area contributed by atoms with Gasteiger partial charge in [-0.15, -0.1) is 0 Å². The van der Waals surface area contributed by atoms with Gasteiger partial charge in [0.05, 0.1) is 17.7 Å². The summed E-state index contributed by atoms with van der Waals surface area (Å²) in [5.41, 5.74) is 0.897. The average molecular weight is 446 g/mol. The predicted molar refractivity (Wildman–Crippen MR) is 112 cm³/mol. The number of hydrogen-bond donors (Lipinski definition) is 1. The number of carbonyl (C=O) groups is 1. The molecule has 0 saturated carbocycles. The first-order chi connectivity index (χ1) is 14.8. The molecule has 0 radical (unpaired) electrons. The van der Waals surface area contributed by atoms with Gasteiger partial charge >= 0.3 is 0 Å². The van der Waals surface area contributed by atoms with E-state index in [-0.39, 0.29) is 17.1 Å². The van der Waals surface area contributed by atoms with Gasteiger partial charge in [0.25, 0.3) is 10.0 Å². The summed E-state index contributed by atoms with van der Waals surface area (Å²) in [5.74, 6) is -1.04. The Bertz CT molecular complexity index is 1130. The molecule has 0 atom stereocenters. The van der Waals surface area contributed by atoms with Crippen LogP contribution in [0.15, 0.2) is 77.7 Å². The Hall–Kier alpha value is -3.46. The minimum atomic E-state index is -4.20. The van der Waals surface area contributed by atoms with Crippen LogP contribution >= 0.6 is 0 Å². The number of methoxy groups -OCH3 is 1. The lowest BCUT2D eigenvalue weighted by molar-refractivity contribution is -0.119. The molecule has 31 heavy (non-hydrogen) atoms. The highest BCUT2D eigenvalue weighted by atomic mass is 32.2. The third-order valence-corrected chi connectivity index (χ3v) is 6.24. The van der Waals surface area contributed by atoms with Crippen molar-refractivity contribution in [2.24, 2.45) is 0 Å². The number of benzene rings is 3. The van der Waals surface area contributed by atoms with Crippen molar-refractivity contribution in [3.05, 3.63) is 90.0 Å². The number of ether oxygens (including phenoxy) is 1. The molecule has 6 nitrogen and oxygen atoms in total. The number of rotatable bonds is 8. The quantitative estimate of drug-likeness (QED) is 0.575. The zero-order valence-corrected chi connectivity index (χ0v) is 17.4. The lowest BCUT2D eigenvalue weighted by Gasteiger charge is -2.24. The summed E-state index contributed by atoms with van der Waals surface area (Å²) in [7, 11) is -2.66. The summed E-state index contributed by atoms with van der Waals surface area (Å²) >= 11 is 0. The summed E-state index contributed by atoms with van der Waals surface area (Å²) in [6.07, 6.45) is 0. The van der Waals surface area contributed by atoms with Crippen LogP contribution in [0.1, 0.15) is 5.56 Å². The molecule has 3 aromatic rings. The van der Waals surface area contributed by atoms with Crippen molar-refractivity contribution in [3.8, 4) is 5.75 Å². The van der Waals surface area contributed by atoms with Crippen molar-refractivity contribution < 1.29 is 26.7 Å². The fraction of sp³-hybridized carbons (Fsp3) is 0.136. The van der Waals surface area contributed by atoms with Gasteiger partial charge < -0.3 is 10.1 Å². The van der Waals surface area contributed by atoms with Gasteiger partial charge in [0.15, 0.2) is 0 Å². The molecule has 162 valence electrons. The van der Waals surface area contributed by atoms with E-state index in [1.807, 2.05) is 0 Å². The second kappa shape index (κ2) is 9.57. The molecule has 0 aliphatic heterocycles. The largest absolute Gasteiger partial charge is 0.497 e. The summed E-state index contributed by atoms with van der Waals surface area (Å²) in [5, 5.41) is 2.66. The van der Waals surface area contributed by atoms with Crippen LogP contribution in [-0.4, -0.2) is 28.0 Å². The number of halogens is 2. The first-order valence-electron chi connectivity index (χ1n) is 9.23. The van der Waals surface area contributed by atoms with Gasteiger partial charge in [0.1, 0.15) is 23.9 Å². The summed E-state index contributed by atoms with van der Waals surface area (Å²) < 4.78 is 58.8. The fourth-order valence-electron chi connectivity index (χ4n) is 2.79. The van der Waals surface area contributed by atoms with Crippen molar-refractivity contribution in [1.29, 1.82) is 0 Å². The van der Waals surface area contributed by atoms with Crippen LogP contribution in [0.2, 0.25) is 0 Å². The molecule has 0 fully saturated rings. The van der Waals surface area contributed by atoms with Crippen LogP contribution < -0.4 is 14.4 Å². The Kier molecular flexibility index (Phi) is 6.86. The van der Waals surface area contributed by atoms with Crippen LogP contribution in [0.25, 0.3) is 0 Å². The molecule has 0 saturated heterocycles. The van der Waals surface area contributed by atoms with Crippen molar-refractivity contribution in [2.75, 3.05) is 18.0 Å². The van der Waals surface area contributed by atoms with E-state index >= 15 is 0 Å². The number of sulfonamides is 1. The molecule has 0 aliphatic rings. The normalized spacial score (nSPS) is 11.1. The Labute approximate surface area is 179 Å². The third-order valence-electron chi connectivity index (χ3n) is 4.45. The van der Waals surface area contributed by atoms with E-state index in [9.17, 15) is 22.0 Å². The zero-order chi connectivity index (χ0) is 22.4. The summed E-state index contributed by atoms with van der Waals surface area (Å²) in [6, 6.07) is 16.0. The molecule has 1 amide bonds. The number of nitrogens with zero attached hydrogens (tertiary/aromatic N) is 1. The number of carbonyl (C=O) groups excluding carboxylic acids is 1. The zero-order valence-electron chi connectivity index (χ0n) is 16.6. The molecule has 0 bridgehead atoms. The van der Waals surface area contributed by atoms with E-state index in [2.05, 4.69) is 5.32 Å². The van der Waals surface area contributed by atoms with Gasteiger partial charge in [-0.2, -0.15) is 0 Å². The predicted octanol–water partition coefficient (Wildman–Crippen LogP) is 3.49. The monoisotopic (exact) mass is 446 g/mol. The Morgan fingerprint density at radius 1 is 0.903 bits per heavy atom. The van der Waals surface area contributed by atoms with E-state index < -0.39 is 34.1 Å². The van der Waals surface area contributed by atoms with E-state index in [0.29, 0.717) is 5.75 Å². The Morgan fingerprint density at radius 2 is 1.45 bits per heavy atom. The lowest BCUT2D eigenvalue weighted by Crippen LogP contribution is -2.40. The highest BCUT2D eigenvalue weighted by molar-refractivity contribution is 7.92. The van der Waals surface area contributed by atoms with Crippen LogP contribution in [0, 0.1) is 11.6 Å². The van der Waals surface area contributed by atoms with Crippen molar-refractivity contribution in [2.45, 2.75) is 11.4 Å². The minimum Gasteiger partial charge on any atom is -0.497 e. The highest BCUT2D eigenvalue weighted by Gasteiger charge is 2.27.